The van der Waals surface area contributed by atoms with Crippen molar-refractivity contribution in [3.05, 3.63) is 47.8 Å². The summed E-state index contributed by atoms with van der Waals surface area (Å²) < 4.78 is 56.3. The third-order valence-corrected chi connectivity index (χ3v) is 7.95. The number of aromatic nitrogens is 4. The standard InChI is InChI=1S/C25H33FN5O9P/c1-13(2)39-24(34)15(4)30-41(35,37-10-16-9-7-6-8-14(16)3)38-11-17-19(32)20(33)23(40-17)31-12-27-18-21(31)28-25(26)29-22(18)36-5/h6-9,12-13,15,17,19-20,23,32-33H,10-11H2,1-5H3,(H,30,35)/t15-,17?,19?,20?,23?,41-/m0/s1. The lowest BCUT2D eigenvalue weighted by Gasteiger charge is -2.25. The van der Waals surface area contributed by atoms with E-state index in [-0.39, 0.29) is 23.7 Å². The fraction of sp³-hybridized carbons (Fsp3) is 0.520. The van der Waals surface area contributed by atoms with E-state index in [0.717, 1.165) is 11.1 Å². The Bertz CT molecular complexity index is 1420. The van der Waals surface area contributed by atoms with Gasteiger partial charge in [-0.05, 0) is 38.8 Å². The second kappa shape index (κ2) is 12.9. The number of methoxy groups -OCH3 is 1. The number of aryl methyl sites for hydroxylation is 1. The number of hydrogen-bond donors (Lipinski definition) is 3. The summed E-state index contributed by atoms with van der Waals surface area (Å²) in [5, 5.41) is 24.0. The van der Waals surface area contributed by atoms with Gasteiger partial charge in [-0.15, -0.1) is 0 Å². The molecular weight excluding hydrogens is 564 g/mol. The summed E-state index contributed by atoms with van der Waals surface area (Å²) in [6.45, 7) is 6.02. The molecule has 41 heavy (non-hydrogen) atoms. The van der Waals surface area contributed by atoms with Crippen molar-refractivity contribution in [3.63, 3.8) is 0 Å². The number of rotatable bonds is 12. The molecule has 1 aromatic carbocycles. The van der Waals surface area contributed by atoms with Crippen LogP contribution in [0.25, 0.3) is 11.2 Å². The molecule has 4 unspecified atom stereocenters. The van der Waals surface area contributed by atoms with Crippen LogP contribution in [0.4, 0.5) is 4.39 Å². The van der Waals surface area contributed by atoms with Crippen LogP contribution in [0, 0.1) is 13.0 Å². The number of imidazole rings is 1. The first-order valence-corrected chi connectivity index (χ1v) is 14.3. The van der Waals surface area contributed by atoms with E-state index in [0.29, 0.717) is 0 Å². The number of hydrogen-bond acceptors (Lipinski definition) is 12. The second-order valence-corrected chi connectivity index (χ2v) is 11.5. The van der Waals surface area contributed by atoms with Gasteiger partial charge in [-0.1, -0.05) is 24.3 Å². The highest BCUT2D eigenvalue weighted by atomic mass is 31.2. The van der Waals surface area contributed by atoms with Gasteiger partial charge in [0, 0.05) is 0 Å². The zero-order valence-corrected chi connectivity index (χ0v) is 24.0. The minimum Gasteiger partial charge on any atom is -0.479 e. The third-order valence-electron chi connectivity index (χ3n) is 6.28. The van der Waals surface area contributed by atoms with Crippen LogP contribution in [0.1, 0.15) is 38.1 Å². The molecule has 1 fully saturated rings. The van der Waals surface area contributed by atoms with Gasteiger partial charge in [0.15, 0.2) is 17.4 Å². The van der Waals surface area contributed by atoms with Crippen LogP contribution in [-0.2, 0) is 34.5 Å². The van der Waals surface area contributed by atoms with Gasteiger partial charge in [-0.2, -0.15) is 14.4 Å². The number of aliphatic hydroxyl groups is 2. The fourth-order valence-electron chi connectivity index (χ4n) is 4.12. The summed E-state index contributed by atoms with van der Waals surface area (Å²) >= 11 is 0. The molecule has 0 radical (unpaired) electrons. The first-order valence-electron chi connectivity index (χ1n) is 12.8. The van der Waals surface area contributed by atoms with Crippen molar-refractivity contribution in [1.82, 2.24) is 24.6 Å². The normalized spacial score (nSPS) is 23.0. The molecule has 16 heteroatoms. The van der Waals surface area contributed by atoms with Crippen LogP contribution in [-0.4, -0.2) is 79.9 Å². The van der Waals surface area contributed by atoms with E-state index >= 15 is 0 Å². The summed E-state index contributed by atoms with van der Waals surface area (Å²) in [7, 11) is -2.94. The Hall–Kier alpha value is -3.04. The van der Waals surface area contributed by atoms with E-state index in [1.54, 1.807) is 26.0 Å². The molecule has 6 atom stereocenters. The summed E-state index contributed by atoms with van der Waals surface area (Å²) in [6, 6.07) is 6.21. The lowest BCUT2D eigenvalue weighted by molar-refractivity contribution is -0.149. The monoisotopic (exact) mass is 597 g/mol. The molecule has 0 saturated carbocycles. The molecule has 1 aliphatic heterocycles. The van der Waals surface area contributed by atoms with E-state index in [1.807, 2.05) is 19.1 Å². The Morgan fingerprint density at radius 1 is 1.20 bits per heavy atom. The molecule has 3 heterocycles. The molecule has 14 nitrogen and oxygen atoms in total. The average Bonchev–Trinajstić information content (AvgIpc) is 3.46. The van der Waals surface area contributed by atoms with E-state index in [2.05, 4.69) is 20.0 Å². The van der Waals surface area contributed by atoms with Crippen LogP contribution in [0.5, 0.6) is 5.88 Å². The van der Waals surface area contributed by atoms with Crippen LogP contribution in [0.15, 0.2) is 30.6 Å². The Morgan fingerprint density at radius 2 is 1.93 bits per heavy atom. The Morgan fingerprint density at radius 3 is 2.61 bits per heavy atom. The molecule has 1 aliphatic rings. The number of nitrogens with one attached hydrogen (secondary N) is 1. The van der Waals surface area contributed by atoms with Gasteiger partial charge in [-0.25, -0.2) is 14.6 Å². The van der Waals surface area contributed by atoms with E-state index in [9.17, 15) is 24.0 Å². The number of fused-ring (bicyclic) bond motifs is 1. The predicted octanol–water partition coefficient (Wildman–Crippen LogP) is 2.17. The van der Waals surface area contributed by atoms with Crippen molar-refractivity contribution in [3.8, 4) is 5.88 Å². The zero-order valence-electron chi connectivity index (χ0n) is 23.1. The molecule has 0 bridgehead atoms. The van der Waals surface area contributed by atoms with Gasteiger partial charge in [0.05, 0.1) is 32.8 Å². The van der Waals surface area contributed by atoms with Crippen molar-refractivity contribution in [2.75, 3.05) is 13.7 Å². The number of ether oxygens (including phenoxy) is 3. The van der Waals surface area contributed by atoms with Crippen molar-refractivity contribution >= 4 is 24.9 Å². The van der Waals surface area contributed by atoms with Crippen molar-refractivity contribution in [2.45, 2.75) is 71.0 Å². The van der Waals surface area contributed by atoms with E-state index in [1.165, 1.54) is 24.9 Å². The maximum absolute atomic E-state index is 14.0. The highest BCUT2D eigenvalue weighted by Gasteiger charge is 2.46. The number of halogens is 1. The molecule has 224 valence electrons. The molecule has 0 spiro atoms. The van der Waals surface area contributed by atoms with Gasteiger partial charge in [0.1, 0.15) is 24.4 Å². The second-order valence-electron chi connectivity index (χ2n) is 9.70. The molecule has 1 saturated heterocycles. The number of aliphatic hydroxyl groups excluding tert-OH is 2. The molecule has 3 aromatic rings. The van der Waals surface area contributed by atoms with Gasteiger partial charge in [0.25, 0.3) is 0 Å². The maximum Gasteiger partial charge on any atom is 0.406 e. The number of carbonyl (C=O) groups is 1. The smallest absolute Gasteiger partial charge is 0.406 e. The largest absolute Gasteiger partial charge is 0.479 e. The van der Waals surface area contributed by atoms with Crippen LogP contribution in [0.3, 0.4) is 0 Å². The van der Waals surface area contributed by atoms with Crippen molar-refractivity contribution < 1.29 is 47.2 Å². The SMILES string of the molecule is COc1nc(F)nc2c1ncn2C1OC(CO[P@](=O)(N[C@@H](C)C(=O)OC(C)C)OCc2ccccc2C)C(O)C1O. The molecule has 2 aromatic heterocycles. The van der Waals surface area contributed by atoms with Crippen LogP contribution < -0.4 is 9.82 Å². The summed E-state index contributed by atoms with van der Waals surface area (Å²) in [5.41, 5.74) is 1.69. The third kappa shape index (κ3) is 7.07. The number of carbonyl (C=O) groups excluding carboxylic acids is 1. The lowest BCUT2D eigenvalue weighted by Crippen LogP contribution is -2.37. The number of nitrogens with zero attached hydrogens (tertiary/aromatic N) is 4. The van der Waals surface area contributed by atoms with E-state index in [4.69, 9.17) is 23.3 Å². The topological polar surface area (TPSA) is 176 Å². The highest BCUT2D eigenvalue weighted by Crippen LogP contribution is 2.46. The number of esters is 1. The Balaban J connectivity index is 1.51. The fourth-order valence-corrected chi connectivity index (χ4v) is 5.58. The highest BCUT2D eigenvalue weighted by molar-refractivity contribution is 7.51. The average molecular weight is 598 g/mol. The first-order chi connectivity index (χ1) is 19.4. The summed E-state index contributed by atoms with van der Waals surface area (Å²) in [6.07, 6.45) is -5.78. The Kier molecular flexibility index (Phi) is 9.70. The zero-order chi connectivity index (χ0) is 29.9. The van der Waals surface area contributed by atoms with Crippen molar-refractivity contribution in [1.29, 1.82) is 0 Å². The molecule has 3 N–H and O–H groups in total. The van der Waals surface area contributed by atoms with Crippen molar-refractivity contribution in [2.24, 2.45) is 0 Å². The minimum absolute atomic E-state index is 0.0430. The van der Waals surface area contributed by atoms with Crippen LogP contribution in [0.2, 0.25) is 0 Å². The Labute approximate surface area is 235 Å². The lowest BCUT2D eigenvalue weighted by atomic mass is 10.1. The summed E-state index contributed by atoms with van der Waals surface area (Å²) in [5.74, 6) is -0.797. The molecule has 0 amide bonds. The van der Waals surface area contributed by atoms with Gasteiger partial charge in [0.2, 0.25) is 5.88 Å². The molecule has 4 rings (SSSR count). The number of benzene rings is 1. The molecular formula is C25H33FN5O9P. The summed E-state index contributed by atoms with van der Waals surface area (Å²) in [4.78, 5) is 23.7. The van der Waals surface area contributed by atoms with Gasteiger partial charge >= 0.3 is 19.8 Å². The molecule has 0 aliphatic carbocycles. The first kappa shape index (κ1) is 30.9. The maximum atomic E-state index is 14.0. The van der Waals surface area contributed by atoms with Crippen LogP contribution >= 0.6 is 7.75 Å². The minimum atomic E-state index is -4.22. The van der Waals surface area contributed by atoms with E-state index < -0.39 is 63.1 Å². The predicted molar refractivity (Wildman–Crippen MR) is 141 cm³/mol. The van der Waals surface area contributed by atoms with Gasteiger partial charge in [-0.3, -0.25) is 18.4 Å². The van der Waals surface area contributed by atoms with Gasteiger partial charge < -0.3 is 24.4 Å². The quantitative estimate of drug-likeness (QED) is 0.157.